The van der Waals surface area contributed by atoms with Crippen molar-refractivity contribution in [3.05, 3.63) is 99.9 Å². The van der Waals surface area contributed by atoms with Crippen LogP contribution in [0.5, 0.6) is 5.75 Å². The van der Waals surface area contributed by atoms with Crippen molar-refractivity contribution >= 4 is 23.4 Å². The quantitative estimate of drug-likeness (QED) is 0.220. The van der Waals surface area contributed by atoms with E-state index in [0.717, 1.165) is 11.1 Å². The van der Waals surface area contributed by atoms with E-state index >= 15 is 0 Å². The highest BCUT2D eigenvalue weighted by molar-refractivity contribution is 6.46. The number of benzene rings is 2. The number of carbonyl (C=O) groups excluding carboxylic acids is 3. The number of nitrogens with zero attached hydrogens (tertiary/aromatic N) is 2. The summed E-state index contributed by atoms with van der Waals surface area (Å²) in [6.45, 7) is 5.78. The molecule has 1 atom stereocenters. The van der Waals surface area contributed by atoms with Crippen LogP contribution in [0.15, 0.2) is 66.4 Å². The molecule has 8 heteroatoms. The second kappa shape index (κ2) is 10.7. The van der Waals surface area contributed by atoms with Crippen LogP contribution in [0.4, 0.5) is 0 Å². The van der Waals surface area contributed by atoms with Gasteiger partial charge in [0.25, 0.3) is 11.7 Å². The van der Waals surface area contributed by atoms with Crippen molar-refractivity contribution in [2.75, 3.05) is 13.7 Å². The van der Waals surface area contributed by atoms with E-state index in [9.17, 15) is 19.5 Å². The summed E-state index contributed by atoms with van der Waals surface area (Å²) >= 11 is 0. The number of rotatable bonds is 7. The van der Waals surface area contributed by atoms with Crippen LogP contribution in [0.25, 0.3) is 5.76 Å². The Bertz CT molecular complexity index is 1380. The normalized spacial score (nSPS) is 16.6. The highest BCUT2D eigenvalue weighted by atomic mass is 16.5. The van der Waals surface area contributed by atoms with E-state index in [2.05, 4.69) is 4.98 Å². The molecule has 1 unspecified atom stereocenters. The van der Waals surface area contributed by atoms with Gasteiger partial charge in [0.15, 0.2) is 0 Å². The summed E-state index contributed by atoms with van der Waals surface area (Å²) in [7, 11) is 1.49. The molecule has 1 aliphatic heterocycles. The van der Waals surface area contributed by atoms with Crippen molar-refractivity contribution in [3.8, 4) is 5.75 Å². The molecule has 4 rings (SSSR count). The van der Waals surface area contributed by atoms with E-state index in [4.69, 9.17) is 9.47 Å². The molecule has 1 aromatic heterocycles. The van der Waals surface area contributed by atoms with E-state index in [1.54, 1.807) is 61.7 Å². The van der Waals surface area contributed by atoms with Gasteiger partial charge in [0, 0.05) is 12.7 Å². The molecule has 2 heterocycles. The largest absolute Gasteiger partial charge is 0.507 e. The van der Waals surface area contributed by atoms with Gasteiger partial charge in [-0.25, -0.2) is 4.79 Å². The molecule has 1 fully saturated rings. The Morgan fingerprint density at radius 3 is 2.43 bits per heavy atom. The van der Waals surface area contributed by atoms with Gasteiger partial charge in [-0.1, -0.05) is 24.3 Å². The fraction of sp³-hybridized carbons (Fsp3) is 0.241. The number of ketones is 1. The second-order valence-electron chi connectivity index (χ2n) is 8.76. The Hall–Kier alpha value is -4.46. The number of aliphatic hydroxyl groups is 1. The topological polar surface area (TPSA) is 106 Å². The molecule has 0 bridgehead atoms. The van der Waals surface area contributed by atoms with Crippen LogP contribution >= 0.6 is 0 Å². The van der Waals surface area contributed by atoms with Crippen LogP contribution in [0.1, 0.15) is 51.3 Å². The van der Waals surface area contributed by atoms with Gasteiger partial charge in [0.2, 0.25) is 0 Å². The maximum Gasteiger partial charge on any atom is 0.338 e. The van der Waals surface area contributed by atoms with Gasteiger partial charge in [-0.15, -0.1) is 0 Å². The Labute approximate surface area is 215 Å². The summed E-state index contributed by atoms with van der Waals surface area (Å²) in [6, 6.07) is 14.5. The zero-order chi connectivity index (χ0) is 26.7. The fourth-order valence-corrected chi connectivity index (χ4v) is 4.59. The molecule has 37 heavy (non-hydrogen) atoms. The number of esters is 1. The van der Waals surface area contributed by atoms with Gasteiger partial charge in [-0.3, -0.25) is 14.6 Å². The van der Waals surface area contributed by atoms with Gasteiger partial charge >= 0.3 is 5.97 Å². The highest BCUT2D eigenvalue weighted by Gasteiger charge is 2.47. The van der Waals surface area contributed by atoms with E-state index in [1.807, 2.05) is 19.9 Å². The first-order chi connectivity index (χ1) is 17.8. The lowest BCUT2D eigenvalue weighted by molar-refractivity contribution is -0.140. The van der Waals surface area contributed by atoms with Crippen molar-refractivity contribution in [1.29, 1.82) is 0 Å². The molecule has 1 N–H and O–H groups in total. The summed E-state index contributed by atoms with van der Waals surface area (Å²) in [4.78, 5) is 44.4. The van der Waals surface area contributed by atoms with Crippen LogP contribution in [0, 0.1) is 13.8 Å². The van der Waals surface area contributed by atoms with Gasteiger partial charge in [0.1, 0.15) is 17.6 Å². The minimum Gasteiger partial charge on any atom is -0.507 e. The molecule has 0 saturated carbocycles. The lowest BCUT2D eigenvalue weighted by atomic mass is 9.95. The van der Waals surface area contributed by atoms with Crippen LogP contribution in [0.2, 0.25) is 0 Å². The number of aromatic nitrogens is 1. The lowest BCUT2D eigenvalue weighted by Gasteiger charge is -2.25. The number of amides is 1. The second-order valence-corrected chi connectivity index (χ2v) is 8.76. The molecule has 3 aromatic rings. The van der Waals surface area contributed by atoms with Gasteiger partial charge in [-0.05, 0) is 67.8 Å². The van der Waals surface area contributed by atoms with Gasteiger partial charge in [-0.2, -0.15) is 0 Å². The minimum atomic E-state index is -0.920. The van der Waals surface area contributed by atoms with Crippen LogP contribution in [-0.2, 0) is 20.9 Å². The van der Waals surface area contributed by atoms with Crippen molar-refractivity contribution in [3.63, 3.8) is 0 Å². The summed E-state index contributed by atoms with van der Waals surface area (Å²) < 4.78 is 10.6. The molecule has 0 spiro atoms. The Balaban J connectivity index is 1.81. The summed E-state index contributed by atoms with van der Waals surface area (Å²) in [6.07, 6.45) is 1.57. The monoisotopic (exact) mass is 500 g/mol. The Kier molecular flexibility index (Phi) is 7.38. The standard InChI is InChI=1S/C29H28N2O6/c1-5-37-29(35)20-11-9-19(10-12-20)16-31-24(22-8-6-7-13-30-22)23(26(33)28(31)34)25(32)21-15-17(2)14-18(3)27(21)36-4/h6-15,24,32H,5,16H2,1-4H3/b25-23+. The Morgan fingerprint density at radius 2 is 1.81 bits per heavy atom. The first-order valence-electron chi connectivity index (χ1n) is 11.9. The maximum atomic E-state index is 13.4. The summed E-state index contributed by atoms with van der Waals surface area (Å²) in [5, 5.41) is 11.5. The van der Waals surface area contributed by atoms with Crippen molar-refractivity contribution in [2.24, 2.45) is 0 Å². The summed E-state index contributed by atoms with van der Waals surface area (Å²) in [5.74, 6) is -1.90. The summed E-state index contributed by atoms with van der Waals surface area (Å²) in [5.41, 5.74) is 3.44. The zero-order valence-corrected chi connectivity index (χ0v) is 21.1. The average molecular weight is 501 g/mol. The molecule has 1 saturated heterocycles. The van der Waals surface area contributed by atoms with E-state index in [0.29, 0.717) is 28.1 Å². The number of carbonyl (C=O) groups is 3. The minimum absolute atomic E-state index is 0.0601. The fourth-order valence-electron chi connectivity index (χ4n) is 4.59. The predicted molar refractivity (Wildman–Crippen MR) is 137 cm³/mol. The highest BCUT2D eigenvalue weighted by Crippen LogP contribution is 2.41. The van der Waals surface area contributed by atoms with Crippen molar-refractivity contribution in [2.45, 2.75) is 33.4 Å². The maximum absolute atomic E-state index is 13.4. The molecule has 2 aromatic carbocycles. The smallest absolute Gasteiger partial charge is 0.338 e. The van der Waals surface area contributed by atoms with E-state index < -0.39 is 23.7 Å². The zero-order valence-electron chi connectivity index (χ0n) is 21.1. The van der Waals surface area contributed by atoms with E-state index in [1.165, 1.54) is 12.0 Å². The first kappa shape index (κ1) is 25.6. The molecule has 0 radical (unpaired) electrons. The van der Waals surface area contributed by atoms with Crippen molar-refractivity contribution in [1.82, 2.24) is 9.88 Å². The molecular formula is C29H28N2O6. The Morgan fingerprint density at radius 1 is 1.08 bits per heavy atom. The molecule has 1 amide bonds. The van der Waals surface area contributed by atoms with Crippen LogP contribution < -0.4 is 4.74 Å². The number of likely N-dealkylation sites (tertiary alicyclic amines) is 1. The average Bonchev–Trinajstić information content (AvgIpc) is 3.14. The number of hydrogen-bond donors (Lipinski definition) is 1. The third-order valence-corrected chi connectivity index (χ3v) is 6.20. The number of hydrogen-bond acceptors (Lipinski definition) is 7. The molecule has 1 aliphatic rings. The molecule has 8 nitrogen and oxygen atoms in total. The predicted octanol–water partition coefficient (Wildman–Crippen LogP) is 4.51. The number of methoxy groups -OCH3 is 1. The van der Waals surface area contributed by atoms with Crippen LogP contribution in [-0.4, -0.2) is 46.4 Å². The number of aliphatic hydroxyl groups excluding tert-OH is 1. The third-order valence-electron chi connectivity index (χ3n) is 6.20. The number of Topliss-reactive ketones (excluding diaryl/α,β-unsaturated/α-hetero) is 1. The third kappa shape index (κ3) is 4.95. The van der Waals surface area contributed by atoms with Gasteiger partial charge in [0.05, 0.1) is 36.1 Å². The number of aryl methyl sites for hydroxylation is 2. The van der Waals surface area contributed by atoms with E-state index in [-0.39, 0.29) is 24.5 Å². The number of pyridine rings is 1. The lowest BCUT2D eigenvalue weighted by Crippen LogP contribution is -2.29. The van der Waals surface area contributed by atoms with Crippen molar-refractivity contribution < 1.29 is 29.0 Å². The van der Waals surface area contributed by atoms with Gasteiger partial charge < -0.3 is 19.5 Å². The van der Waals surface area contributed by atoms with Crippen LogP contribution in [0.3, 0.4) is 0 Å². The SMILES string of the molecule is CCOC(=O)c1ccc(CN2C(=O)C(=O)/C(=C(/O)c3cc(C)cc(C)c3OC)C2c2ccccn2)cc1. The first-order valence-corrected chi connectivity index (χ1v) is 11.9. The molecular weight excluding hydrogens is 472 g/mol. The molecule has 190 valence electrons. The molecule has 0 aliphatic carbocycles. The number of ether oxygens (including phenoxy) is 2.